The molecular weight excluding hydrogens is 502 g/mol. The largest absolute Gasteiger partial charge is 0.478 e. The number of carboxylic acids is 1. The zero-order chi connectivity index (χ0) is 23.7. The molecule has 0 aliphatic carbocycles. The number of allylic oxidation sites excluding steroid dienone is 1. The molecule has 1 saturated heterocycles. The third-order valence-electron chi connectivity index (χ3n) is 6.09. The van der Waals surface area contributed by atoms with Gasteiger partial charge in [-0.2, -0.15) is 0 Å². The lowest BCUT2D eigenvalue weighted by Crippen LogP contribution is -2.44. The molecule has 0 unspecified atom stereocenters. The standard InChI is InChI=1S/C24H24BrN5O4/c25-17-3-1-2-16-19(23(31)29-20(16)17)22-21(15-5-4-14(24(32)33)12-18(15)28-22)27-13-34-11-10-30-8-6-26-7-9-30/h1-5,12,26,28H,6-11,13H2,(H,29,31)(H,32,33)/b22-19-,27-21+. The summed E-state index contributed by atoms with van der Waals surface area (Å²) in [4.78, 5) is 31.5. The van der Waals surface area contributed by atoms with E-state index in [0.717, 1.165) is 48.3 Å². The first-order valence-electron chi connectivity index (χ1n) is 11.1. The first kappa shape index (κ1) is 22.7. The van der Waals surface area contributed by atoms with Crippen molar-refractivity contribution < 1.29 is 19.4 Å². The van der Waals surface area contributed by atoms with Gasteiger partial charge < -0.3 is 25.8 Å². The number of carboxylic acid groups (broad SMARTS) is 1. The molecule has 1 fully saturated rings. The van der Waals surface area contributed by atoms with Crippen LogP contribution >= 0.6 is 15.9 Å². The quantitative estimate of drug-likeness (QED) is 0.338. The van der Waals surface area contributed by atoms with Crippen LogP contribution in [0, 0.1) is 0 Å². The molecule has 0 aromatic heterocycles. The van der Waals surface area contributed by atoms with Gasteiger partial charge in [0, 0.05) is 54.0 Å². The van der Waals surface area contributed by atoms with E-state index < -0.39 is 5.97 Å². The van der Waals surface area contributed by atoms with E-state index in [1.165, 1.54) is 6.07 Å². The Labute approximate surface area is 205 Å². The summed E-state index contributed by atoms with van der Waals surface area (Å²) >= 11 is 3.49. The molecule has 10 heteroatoms. The SMILES string of the molecule is O=C1Nc2c(Br)cccc2/C1=C1/Nc2cc(C(=O)O)ccc2/C1=N\COCCN1CCNCC1. The number of nitrogens with zero attached hydrogens (tertiary/aromatic N) is 2. The number of aromatic carboxylic acids is 1. The summed E-state index contributed by atoms with van der Waals surface area (Å²) in [6.07, 6.45) is 0. The molecule has 0 spiro atoms. The highest BCUT2D eigenvalue weighted by Crippen LogP contribution is 2.42. The van der Waals surface area contributed by atoms with E-state index in [1.54, 1.807) is 12.1 Å². The van der Waals surface area contributed by atoms with Crippen molar-refractivity contribution in [3.63, 3.8) is 0 Å². The minimum atomic E-state index is -1.02. The minimum absolute atomic E-state index is 0.132. The predicted octanol–water partition coefficient (Wildman–Crippen LogP) is 2.60. The number of rotatable bonds is 6. The second-order valence-corrected chi connectivity index (χ2v) is 9.05. The Morgan fingerprint density at radius 3 is 2.76 bits per heavy atom. The van der Waals surface area contributed by atoms with E-state index in [1.807, 2.05) is 18.2 Å². The van der Waals surface area contributed by atoms with Crippen LogP contribution in [-0.4, -0.2) is 73.7 Å². The number of fused-ring (bicyclic) bond motifs is 2. The van der Waals surface area contributed by atoms with Gasteiger partial charge >= 0.3 is 5.97 Å². The molecular formula is C24H24BrN5O4. The summed E-state index contributed by atoms with van der Waals surface area (Å²) in [7, 11) is 0. The van der Waals surface area contributed by atoms with Crippen molar-refractivity contribution in [1.82, 2.24) is 10.2 Å². The molecule has 3 aliphatic rings. The number of benzene rings is 2. The zero-order valence-electron chi connectivity index (χ0n) is 18.4. The Balaban J connectivity index is 1.45. The van der Waals surface area contributed by atoms with Crippen molar-refractivity contribution >= 4 is 50.5 Å². The Morgan fingerprint density at radius 1 is 1.15 bits per heavy atom. The van der Waals surface area contributed by atoms with Gasteiger partial charge in [-0.1, -0.05) is 12.1 Å². The fourth-order valence-corrected chi connectivity index (χ4v) is 4.84. The van der Waals surface area contributed by atoms with Gasteiger partial charge in [0.1, 0.15) is 6.73 Å². The average Bonchev–Trinajstić information content (AvgIpc) is 3.36. The molecule has 0 atom stereocenters. The molecule has 3 heterocycles. The van der Waals surface area contributed by atoms with Crippen LogP contribution in [0.2, 0.25) is 0 Å². The Morgan fingerprint density at radius 2 is 1.97 bits per heavy atom. The fraction of sp³-hybridized carbons (Fsp3) is 0.292. The van der Waals surface area contributed by atoms with Gasteiger partial charge in [-0.25, -0.2) is 4.79 Å². The third kappa shape index (κ3) is 4.37. The Bertz CT molecular complexity index is 1220. The van der Waals surface area contributed by atoms with Crippen molar-refractivity contribution in [1.29, 1.82) is 0 Å². The van der Waals surface area contributed by atoms with Crippen LogP contribution in [0.5, 0.6) is 0 Å². The van der Waals surface area contributed by atoms with Gasteiger partial charge in [-0.15, -0.1) is 0 Å². The second kappa shape index (κ2) is 9.67. The van der Waals surface area contributed by atoms with Crippen molar-refractivity contribution in [2.75, 3.05) is 56.7 Å². The number of hydrogen-bond donors (Lipinski definition) is 4. The number of aliphatic imine (C=N–C) groups is 1. The smallest absolute Gasteiger partial charge is 0.335 e. The lowest BCUT2D eigenvalue weighted by atomic mass is 10.0. The normalized spacial score (nSPS) is 20.7. The van der Waals surface area contributed by atoms with E-state index >= 15 is 0 Å². The molecule has 0 saturated carbocycles. The third-order valence-corrected chi connectivity index (χ3v) is 6.75. The maximum Gasteiger partial charge on any atom is 0.335 e. The van der Waals surface area contributed by atoms with Gasteiger partial charge in [0.2, 0.25) is 0 Å². The molecule has 176 valence electrons. The number of carbonyl (C=O) groups is 2. The van der Waals surface area contributed by atoms with Crippen molar-refractivity contribution in [3.8, 4) is 0 Å². The van der Waals surface area contributed by atoms with Crippen LogP contribution in [0.15, 0.2) is 51.6 Å². The topological polar surface area (TPSA) is 115 Å². The number of para-hydroxylation sites is 1. The lowest BCUT2D eigenvalue weighted by Gasteiger charge is -2.26. The van der Waals surface area contributed by atoms with Crippen LogP contribution in [0.4, 0.5) is 11.4 Å². The predicted molar refractivity (Wildman–Crippen MR) is 133 cm³/mol. The summed E-state index contributed by atoms with van der Waals surface area (Å²) < 4.78 is 6.58. The van der Waals surface area contributed by atoms with Crippen LogP contribution in [0.3, 0.4) is 0 Å². The monoisotopic (exact) mass is 525 g/mol. The maximum atomic E-state index is 13.0. The van der Waals surface area contributed by atoms with Gasteiger partial charge in [-0.3, -0.25) is 14.7 Å². The molecule has 0 radical (unpaired) electrons. The number of ether oxygens (including phenoxy) is 1. The molecule has 4 N–H and O–H groups in total. The number of hydrogen-bond acceptors (Lipinski definition) is 7. The highest BCUT2D eigenvalue weighted by atomic mass is 79.9. The molecule has 5 rings (SSSR count). The maximum absolute atomic E-state index is 13.0. The summed E-state index contributed by atoms with van der Waals surface area (Å²) in [6.45, 7) is 5.49. The van der Waals surface area contributed by atoms with Crippen LogP contribution in [-0.2, 0) is 9.53 Å². The number of carbonyl (C=O) groups excluding carboxylic acids is 1. The van der Waals surface area contributed by atoms with Gasteiger partial charge in [0.25, 0.3) is 5.91 Å². The number of anilines is 2. The lowest BCUT2D eigenvalue weighted by molar-refractivity contribution is -0.110. The van der Waals surface area contributed by atoms with E-state index in [2.05, 4.69) is 41.8 Å². The summed E-state index contributed by atoms with van der Waals surface area (Å²) in [5, 5.41) is 18.9. The number of piperazine rings is 1. The zero-order valence-corrected chi connectivity index (χ0v) is 19.9. The van der Waals surface area contributed by atoms with Gasteiger partial charge in [0.05, 0.1) is 34.8 Å². The molecule has 34 heavy (non-hydrogen) atoms. The number of halogens is 1. The van der Waals surface area contributed by atoms with Crippen molar-refractivity contribution in [2.24, 2.45) is 4.99 Å². The van der Waals surface area contributed by atoms with E-state index in [0.29, 0.717) is 35.0 Å². The number of amides is 1. The van der Waals surface area contributed by atoms with E-state index in [4.69, 9.17) is 4.74 Å². The Hall–Kier alpha value is -3.05. The van der Waals surface area contributed by atoms with Crippen LogP contribution < -0.4 is 16.0 Å². The second-order valence-electron chi connectivity index (χ2n) is 8.19. The fourth-order valence-electron chi connectivity index (χ4n) is 4.37. The molecule has 9 nitrogen and oxygen atoms in total. The van der Waals surface area contributed by atoms with E-state index in [-0.39, 0.29) is 18.2 Å². The molecule has 2 aromatic carbocycles. The van der Waals surface area contributed by atoms with Gasteiger partial charge in [-0.05, 0) is 40.2 Å². The molecule has 1 amide bonds. The number of nitrogens with one attached hydrogen (secondary N) is 3. The Kier molecular flexibility index (Phi) is 6.46. The molecule has 0 bridgehead atoms. The molecule has 2 aromatic rings. The first-order valence-corrected chi connectivity index (χ1v) is 11.9. The minimum Gasteiger partial charge on any atom is -0.478 e. The van der Waals surface area contributed by atoms with Crippen molar-refractivity contribution in [3.05, 3.63) is 63.3 Å². The summed E-state index contributed by atoms with van der Waals surface area (Å²) in [6, 6.07) is 10.4. The van der Waals surface area contributed by atoms with Crippen molar-refractivity contribution in [2.45, 2.75) is 0 Å². The summed E-state index contributed by atoms with van der Waals surface area (Å²) in [5.74, 6) is -1.27. The highest BCUT2D eigenvalue weighted by Gasteiger charge is 2.34. The van der Waals surface area contributed by atoms with Gasteiger partial charge in [0.15, 0.2) is 0 Å². The van der Waals surface area contributed by atoms with E-state index in [9.17, 15) is 14.7 Å². The molecule has 3 aliphatic heterocycles. The summed E-state index contributed by atoms with van der Waals surface area (Å²) in [5.41, 5.74) is 4.51. The highest BCUT2D eigenvalue weighted by molar-refractivity contribution is 9.10. The van der Waals surface area contributed by atoms with Crippen LogP contribution in [0.1, 0.15) is 21.5 Å². The first-order chi connectivity index (χ1) is 16.5. The average molecular weight is 526 g/mol. The van der Waals surface area contributed by atoms with Crippen LogP contribution in [0.25, 0.3) is 5.57 Å².